The Bertz CT molecular complexity index is 175. The summed E-state index contributed by atoms with van der Waals surface area (Å²) in [7, 11) is 1.63. The molecule has 2 heteroatoms. The Balaban J connectivity index is 2.47. The smallest absolute Gasteiger partial charge is 0.147 e. The van der Waals surface area contributed by atoms with Crippen molar-refractivity contribution in [1.29, 1.82) is 0 Å². The molecular formula is C10H15O2. The molecule has 0 amide bonds. The molecule has 0 heterocycles. The van der Waals surface area contributed by atoms with Gasteiger partial charge in [-0.3, -0.25) is 0 Å². The molecule has 0 fully saturated rings. The Morgan fingerprint density at radius 2 is 2.50 bits per heavy atom. The van der Waals surface area contributed by atoms with Gasteiger partial charge in [0.25, 0.3) is 0 Å². The van der Waals surface area contributed by atoms with E-state index in [9.17, 15) is 0 Å². The number of allylic oxidation sites excluding steroid dienone is 1. The summed E-state index contributed by atoms with van der Waals surface area (Å²) in [6.07, 6.45) is 9.82. The minimum absolute atomic E-state index is 0.183. The summed E-state index contributed by atoms with van der Waals surface area (Å²) in [6, 6.07) is 0. The molecule has 1 radical (unpaired) electrons. The molecule has 67 valence electrons. The maximum Gasteiger partial charge on any atom is 0.147 e. The maximum absolute atomic E-state index is 5.57. The molecule has 0 saturated carbocycles. The van der Waals surface area contributed by atoms with Gasteiger partial charge in [0.05, 0.1) is 5.60 Å². The van der Waals surface area contributed by atoms with Crippen LogP contribution in [0.3, 0.4) is 0 Å². The number of ether oxygens (including phenoxy) is 2. The predicted octanol–water partition coefficient (Wildman–Crippen LogP) is 2.09. The highest BCUT2D eigenvalue weighted by atomic mass is 16.7. The molecule has 0 spiro atoms. The van der Waals surface area contributed by atoms with Crippen LogP contribution in [0, 0.1) is 6.42 Å². The van der Waals surface area contributed by atoms with Crippen LogP contribution in [0.2, 0.25) is 0 Å². The molecule has 1 aliphatic rings. The van der Waals surface area contributed by atoms with Gasteiger partial charge in [0.2, 0.25) is 0 Å². The summed E-state index contributed by atoms with van der Waals surface area (Å²) in [5, 5.41) is 0. The third-order valence-electron chi connectivity index (χ3n) is 1.95. The van der Waals surface area contributed by atoms with Gasteiger partial charge in [0, 0.05) is 7.11 Å². The van der Waals surface area contributed by atoms with Crippen LogP contribution in [0.25, 0.3) is 0 Å². The predicted molar refractivity (Wildman–Crippen MR) is 48.6 cm³/mol. The average molecular weight is 167 g/mol. The van der Waals surface area contributed by atoms with E-state index in [1.807, 2.05) is 12.2 Å². The van der Waals surface area contributed by atoms with Crippen LogP contribution in [0.1, 0.15) is 12.8 Å². The van der Waals surface area contributed by atoms with E-state index < -0.39 is 0 Å². The second-order valence-corrected chi connectivity index (χ2v) is 2.91. The van der Waals surface area contributed by atoms with Gasteiger partial charge in [-0.15, -0.1) is 6.58 Å². The largest absolute Gasteiger partial charge is 0.359 e. The molecule has 0 aromatic rings. The first-order valence-corrected chi connectivity index (χ1v) is 4.08. The Kier molecular flexibility index (Phi) is 3.50. The number of hydrogen-bond donors (Lipinski definition) is 0. The molecule has 1 unspecified atom stereocenters. The average Bonchev–Trinajstić information content (AvgIpc) is 2.51. The molecular weight excluding hydrogens is 152 g/mol. The molecule has 0 aromatic heterocycles. The van der Waals surface area contributed by atoms with Crippen LogP contribution in [-0.4, -0.2) is 19.5 Å². The van der Waals surface area contributed by atoms with Crippen molar-refractivity contribution >= 4 is 0 Å². The topological polar surface area (TPSA) is 18.5 Å². The van der Waals surface area contributed by atoms with Crippen LogP contribution in [0.5, 0.6) is 0 Å². The highest BCUT2D eigenvalue weighted by molar-refractivity contribution is 5.19. The SMILES string of the molecule is C=CCC1(OCOC)C=C[CH]C1. The van der Waals surface area contributed by atoms with Crippen molar-refractivity contribution in [2.24, 2.45) is 0 Å². The Morgan fingerprint density at radius 3 is 3.00 bits per heavy atom. The van der Waals surface area contributed by atoms with Gasteiger partial charge in [0.15, 0.2) is 0 Å². The fraction of sp³-hybridized carbons (Fsp3) is 0.500. The second kappa shape index (κ2) is 4.43. The van der Waals surface area contributed by atoms with E-state index in [1.54, 1.807) is 7.11 Å². The first-order valence-electron chi connectivity index (χ1n) is 4.08. The van der Waals surface area contributed by atoms with Gasteiger partial charge in [0.1, 0.15) is 6.79 Å². The first kappa shape index (κ1) is 9.49. The quantitative estimate of drug-likeness (QED) is 0.461. The zero-order valence-corrected chi connectivity index (χ0v) is 7.45. The van der Waals surface area contributed by atoms with Crippen molar-refractivity contribution in [3.05, 3.63) is 31.2 Å². The minimum atomic E-state index is -0.183. The summed E-state index contributed by atoms with van der Waals surface area (Å²) in [6.45, 7) is 4.05. The molecule has 12 heavy (non-hydrogen) atoms. The molecule has 0 saturated heterocycles. The fourth-order valence-electron chi connectivity index (χ4n) is 1.32. The van der Waals surface area contributed by atoms with Gasteiger partial charge >= 0.3 is 0 Å². The zero-order valence-electron chi connectivity index (χ0n) is 7.45. The lowest BCUT2D eigenvalue weighted by Gasteiger charge is -2.25. The van der Waals surface area contributed by atoms with E-state index in [0.29, 0.717) is 6.79 Å². The third kappa shape index (κ3) is 2.19. The van der Waals surface area contributed by atoms with E-state index in [2.05, 4.69) is 19.1 Å². The highest BCUT2D eigenvalue weighted by Gasteiger charge is 2.29. The lowest BCUT2D eigenvalue weighted by Crippen LogP contribution is -2.28. The summed E-state index contributed by atoms with van der Waals surface area (Å²) < 4.78 is 10.4. The van der Waals surface area contributed by atoms with E-state index in [-0.39, 0.29) is 5.60 Å². The maximum atomic E-state index is 5.57. The van der Waals surface area contributed by atoms with Gasteiger partial charge in [-0.1, -0.05) is 18.2 Å². The van der Waals surface area contributed by atoms with Crippen LogP contribution in [0.15, 0.2) is 24.8 Å². The van der Waals surface area contributed by atoms with Crippen LogP contribution < -0.4 is 0 Å². The van der Waals surface area contributed by atoms with Gasteiger partial charge in [-0.2, -0.15) is 0 Å². The minimum Gasteiger partial charge on any atom is -0.359 e. The molecule has 0 bridgehead atoms. The number of methoxy groups -OCH3 is 1. The lowest BCUT2D eigenvalue weighted by molar-refractivity contribution is -0.104. The molecule has 1 rings (SSSR count). The monoisotopic (exact) mass is 167 g/mol. The lowest BCUT2D eigenvalue weighted by atomic mass is 9.99. The standard InChI is InChI=1S/C10H15O2/c1-3-6-10(12-9-11-2)7-4-5-8-10/h3-5,7H,1,6,8-9H2,2H3. The third-order valence-corrected chi connectivity index (χ3v) is 1.95. The van der Waals surface area contributed by atoms with Crippen LogP contribution in [-0.2, 0) is 9.47 Å². The van der Waals surface area contributed by atoms with E-state index in [0.717, 1.165) is 12.8 Å². The molecule has 1 atom stereocenters. The van der Waals surface area contributed by atoms with Crippen LogP contribution in [0.4, 0.5) is 0 Å². The van der Waals surface area contributed by atoms with Gasteiger partial charge in [-0.25, -0.2) is 0 Å². The summed E-state index contributed by atoms with van der Waals surface area (Å²) >= 11 is 0. The number of hydrogen-bond acceptors (Lipinski definition) is 2. The van der Waals surface area contributed by atoms with Crippen LogP contribution >= 0.6 is 0 Å². The van der Waals surface area contributed by atoms with Crippen molar-refractivity contribution in [1.82, 2.24) is 0 Å². The Labute approximate surface area is 73.9 Å². The Hall–Kier alpha value is -0.600. The van der Waals surface area contributed by atoms with Gasteiger partial charge < -0.3 is 9.47 Å². The van der Waals surface area contributed by atoms with Crippen molar-refractivity contribution in [3.63, 3.8) is 0 Å². The summed E-state index contributed by atoms with van der Waals surface area (Å²) in [5.74, 6) is 0. The summed E-state index contributed by atoms with van der Waals surface area (Å²) in [4.78, 5) is 0. The molecule has 2 nitrogen and oxygen atoms in total. The van der Waals surface area contributed by atoms with E-state index in [4.69, 9.17) is 9.47 Å². The second-order valence-electron chi connectivity index (χ2n) is 2.91. The molecule has 0 aliphatic heterocycles. The normalized spacial score (nSPS) is 27.8. The van der Waals surface area contributed by atoms with Crippen molar-refractivity contribution in [2.75, 3.05) is 13.9 Å². The molecule has 0 N–H and O–H groups in total. The summed E-state index contributed by atoms with van der Waals surface area (Å²) in [5.41, 5.74) is -0.183. The van der Waals surface area contributed by atoms with E-state index in [1.165, 1.54) is 0 Å². The van der Waals surface area contributed by atoms with Crippen molar-refractivity contribution in [2.45, 2.75) is 18.4 Å². The first-order chi connectivity index (χ1) is 5.83. The highest BCUT2D eigenvalue weighted by Crippen LogP contribution is 2.29. The zero-order chi connectivity index (χ0) is 8.86. The molecule has 1 aliphatic carbocycles. The van der Waals surface area contributed by atoms with Gasteiger partial charge in [-0.05, 0) is 19.3 Å². The van der Waals surface area contributed by atoms with Crippen molar-refractivity contribution in [3.8, 4) is 0 Å². The number of rotatable bonds is 5. The fourth-order valence-corrected chi connectivity index (χ4v) is 1.32. The van der Waals surface area contributed by atoms with Crippen molar-refractivity contribution < 1.29 is 9.47 Å². The Morgan fingerprint density at radius 1 is 1.67 bits per heavy atom. The van der Waals surface area contributed by atoms with E-state index >= 15 is 0 Å². The molecule has 0 aromatic carbocycles.